The largest absolute Gasteiger partial charge is 0.497 e. The second kappa shape index (κ2) is 7.78. The van der Waals surface area contributed by atoms with Crippen molar-refractivity contribution in [2.45, 2.75) is 19.9 Å². The van der Waals surface area contributed by atoms with E-state index in [0.717, 1.165) is 16.9 Å². The van der Waals surface area contributed by atoms with Gasteiger partial charge in [-0.15, -0.1) is 11.3 Å². The molecule has 0 aliphatic carbocycles. The van der Waals surface area contributed by atoms with Crippen LogP contribution in [0.1, 0.15) is 33.8 Å². The first-order valence-corrected chi connectivity index (χ1v) is 8.03. The van der Waals surface area contributed by atoms with Gasteiger partial charge in [0.15, 0.2) is 6.61 Å². The van der Waals surface area contributed by atoms with E-state index in [9.17, 15) is 9.59 Å². The number of benzene rings is 1. The second-order valence-corrected chi connectivity index (χ2v) is 5.99. The molecule has 0 spiro atoms. The number of carbonyl (C=O) groups is 2. The quantitative estimate of drug-likeness (QED) is 0.825. The van der Waals surface area contributed by atoms with Crippen LogP contribution in [0, 0.1) is 6.92 Å². The Hall–Kier alpha value is -2.34. The third-order valence-corrected chi connectivity index (χ3v) is 4.35. The van der Waals surface area contributed by atoms with Gasteiger partial charge in [-0.25, -0.2) is 4.79 Å². The number of methoxy groups -OCH3 is 1. The molecule has 2 rings (SSSR count). The van der Waals surface area contributed by atoms with Gasteiger partial charge in [0.2, 0.25) is 0 Å². The molecule has 5 nitrogen and oxygen atoms in total. The molecule has 1 aromatic carbocycles. The van der Waals surface area contributed by atoms with Crippen molar-refractivity contribution < 1.29 is 19.1 Å². The normalized spacial score (nSPS) is 11.6. The monoisotopic (exact) mass is 333 g/mol. The zero-order chi connectivity index (χ0) is 16.8. The molecule has 1 atom stereocenters. The standard InChI is InChI=1S/C17H19NO4S/c1-11-7-8-23-16(11)17(20)22-10-15(19)18-12(2)13-5-4-6-14(9-13)21-3/h4-9,12H,10H2,1-3H3,(H,18,19)/t12-/m1/s1. The first-order chi connectivity index (χ1) is 11.0. The molecule has 0 radical (unpaired) electrons. The minimum atomic E-state index is -0.471. The first kappa shape index (κ1) is 17.0. The highest BCUT2D eigenvalue weighted by Gasteiger charge is 2.15. The van der Waals surface area contributed by atoms with Crippen LogP contribution in [0.25, 0.3) is 0 Å². The van der Waals surface area contributed by atoms with E-state index >= 15 is 0 Å². The Balaban J connectivity index is 1.86. The zero-order valence-corrected chi connectivity index (χ0v) is 14.1. The first-order valence-electron chi connectivity index (χ1n) is 7.15. The highest BCUT2D eigenvalue weighted by molar-refractivity contribution is 7.12. The average Bonchev–Trinajstić information content (AvgIpc) is 2.98. The van der Waals surface area contributed by atoms with Crippen LogP contribution in [0.15, 0.2) is 35.7 Å². The zero-order valence-electron chi connectivity index (χ0n) is 13.3. The maximum atomic E-state index is 11.9. The smallest absolute Gasteiger partial charge is 0.349 e. The molecule has 0 aliphatic heterocycles. The number of nitrogens with one attached hydrogen (secondary N) is 1. The number of thiophene rings is 1. The topological polar surface area (TPSA) is 64.6 Å². The lowest BCUT2D eigenvalue weighted by atomic mass is 10.1. The molecule has 6 heteroatoms. The highest BCUT2D eigenvalue weighted by Crippen LogP contribution is 2.19. The molecule has 23 heavy (non-hydrogen) atoms. The summed E-state index contributed by atoms with van der Waals surface area (Å²) in [5.41, 5.74) is 1.77. The van der Waals surface area contributed by atoms with Crippen molar-refractivity contribution in [3.63, 3.8) is 0 Å². The summed E-state index contributed by atoms with van der Waals surface area (Å²) in [6, 6.07) is 9.08. The lowest BCUT2D eigenvalue weighted by Crippen LogP contribution is -2.31. The highest BCUT2D eigenvalue weighted by atomic mass is 32.1. The summed E-state index contributed by atoms with van der Waals surface area (Å²) in [6.45, 7) is 3.39. The lowest BCUT2D eigenvalue weighted by molar-refractivity contribution is -0.124. The second-order valence-electron chi connectivity index (χ2n) is 5.07. The van der Waals surface area contributed by atoms with E-state index in [4.69, 9.17) is 9.47 Å². The van der Waals surface area contributed by atoms with Crippen molar-refractivity contribution in [2.24, 2.45) is 0 Å². The number of ether oxygens (including phenoxy) is 2. The molecule has 1 N–H and O–H groups in total. The maximum Gasteiger partial charge on any atom is 0.349 e. The van der Waals surface area contributed by atoms with Crippen molar-refractivity contribution in [1.82, 2.24) is 5.32 Å². The summed E-state index contributed by atoms with van der Waals surface area (Å²) >= 11 is 1.30. The van der Waals surface area contributed by atoms with Crippen LogP contribution in [-0.4, -0.2) is 25.6 Å². The van der Waals surface area contributed by atoms with E-state index in [1.807, 2.05) is 49.6 Å². The van der Waals surface area contributed by atoms with Gasteiger partial charge in [0, 0.05) is 0 Å². The summed E-state index contributed by atoms with van der Waals surface area (Å²) in [4.78, 5) is 24.3. The summed E-state index contributed by atoms with van der Waals surface area (Å²) in [6.07, 6.45) is 0. The van der Waals surface area contributed by atoms with Crippen molar-refractivity contribution >= 4 is 23.2 Å². The number of hydrogen-bond acceptors (Lipinski definition) is 5. The molecule has 1 amide bonds. The molecular weight excluding hydrogens is 314 g/mol. The van der Waals surface area contributed by atoms with E-state index in [2.05, 4.69) is 5.32 Å². The van der Waals surface area contributed by atoms with Gasteiger partial charge in [0.25, 0.3) is 5.91 Å². The van der Waals surface area contributed by atoms with E-state index in [1.54, 1.807) is 7.11 Å². The predicted octanol–water partition coefficient (Wildman–Crippen LogP) is 3.10. The molecule has 0 saturated heterocycles. The number of carbonyl (C=O) groups excluding carboxylic acids is 2. The summed E-state index contributed by atoms with van der Waals surface area (Å²) in [5, 5.41) is 4.61. The Morgan fingerprint density at radius 3 is 2.74 bits per heavy atom. The molecule has 122 valence electrons. The number of rotatable bonds is 6. The average molecular weight is 333 g/mol. The van der Waals surface area contributed by atoms with E-state index in [-0.39, 0.29) is 18.6 Å². The fourth-order valence-electron chi connectivity index (χ4n) is 2.06. The van der Waals surface area contributed by atoms with Gasteiger partial charge < -0.3 is 14.8 Å². The molecule has 0 unspecified atom stereocenters. The van der Waals surface area contributed by atoms with Crippen LogP contribution in [0.5, 0.6) is 5.75 Å². The van der Waals surface area contributed by atoms with Crippen LogP contribution in [0.4, 0.5) is 0 Å². The van der Waals surface area contributed by atoms with Gasteiger partial charge in [-0.1, -0.05) is 12.1 Å². The molecule has 0 fully saturated rings. The Kier molecular flexibility index (Phi) is 5.76. The third-order valence-electron chi connectivity index (χ3n) is 3.35. The molecule has 0 aliphatic rings. The van der Waals surface area contributed by atoms with Gasteiger partial charge in [0.1, 0.15) is 10.6 Å². The fourth-order valence-corrected chi connectivity index (χ4v) is 2.87. The van der Waals surface area contributed by atoms with Gasteiger partial charge >= 0.3 is 5.97 Å². The molecule has 0 saturated carbocycles. The fraction of sp³-hybridized carbons (Fsp3) is 0.294. The summed E-state index contributed by atoms with van der Waals surface area (Å²) < 4.78 is 10.2. The number of hydrogen-bond donors (Lipinski definition) is 1. The van der Waals surface area contributed by atoms with Crippen molar-refractivity contribution in [2.75, 3.05) is 13.7 Å². The van der Waals surface area contributed by atoms with Crippen molar-refractivity contribution in [3.8, 4) is 5.75 Å². The van der Waals surface area contributed by atoms with Crippen molar-refractivity contribution in [1.29, 1.82) is 0 Å². The van der Waals surface area contributed by atoms with E-state index in [1.165, 1.54) is 11.3 Å². The summed E-state index contributed by atoms with van der Waals surface area (Å²) in [5.74, 6) is -0.0900. The minimum Gasteiger partial charge on any atom is -0.497 e. The van der Waals surface area contributed by atoms with Crippen LogP contribution in [0.3, 0.4) is 0 Å². The molecule has 2 aromatic rings. The van der Waals surface area contributed by atoms with Crippen molar-refractivity contribution in [3.05, 3.63) is 51.7 Å². The predicted molar refractivity (Wildman–Crippen MR) is 88.9 cm³/mol. The number of esters is 1. The Morgan fingerprint density at radius 2 is 2.09 bits per heavy atom. The van der Waals surface area contributed by atoms with Gasteiger partial charge in [-0.05, 0) is 48.6 Å². The van der Waals surface area contributed by atoms with E-state index < -0.39 is 5.97 Å². The number of amides is 1. The Labute approximate surface area is 139 Å². The third kappa shape index (κ3) is 4.56. The van der Waals surface area contributed by atoms with Gasteiger partial charge in [-0.3, -0.25) is 4.79 Å². The van der Waals surface area contributed by atoms with Crippen LogP contribution in [-0.2, 0) is 9.53 Å². The van der Waals surface area contributed by atoms with Crippen LogP contribution >= 0.6 is 11.3 Å². The SMILES string of the molecule is COc1cccc([C@@H](C)NC(=O)COC(=O)c2sccc2C)c1. The van der Waals surface area contributed by atoms with Gasteiger partial charge in [0.05, 0.1) is 13.2 Å². The molecule has 0 bridgehead atoms. The molecule has 1 heterocycles. The summed E-state index contributed by atoms with van der Waals surface area (Å²) in [7, 11) is 1.59. The van der Waals surface area contributed by atoms with Crippen LogP contribution in [0.2, 0.25) is 0 Å². The minimum absolute atomic E-state index is 0.209. The molecular formula is C17H19NO4S. The van der Waals surface area contributed by atoms with Crippen LogP contribution < -0.4 is 10.1 Å². The lowest BCUT2D eigenvalue weighted by Gasteiger charge is -2.15. The molecule has 1 aromatic heterocycles. The van der Waals surface area contributed by atoms with E-state index in [0.29, 0.717) is 4.88 Å². The van der Waals surface area contributed by atoms with Gasteiger partial charge in [-0.2, -0.15) is 0 Å². The number of aryl methyl sites for hydroxylation is 1. The maximum absolute atomic E-state index is 11.9. The Bertz CT molecular complexity index is 695. The Morgan fingerprint density at radius 1 is 1.30 bits per heavy atom.